The normalized spacial score (nSPS) is 10.2. The van der Waals surface area contributed by atoms with Crippen LogP contribution in [0, 0.1) is 0 Å². The first-order chi connectivity index (χ1) is 13.7. The molecule has 3 rings (SSSR count). The molecule has 28 heavy (non-hydrogen) atoms. The summed E-state index contributed by atoms with van der Waals surface area (Å²) in [6.45, 7) is 0. The first kappa shape index (κ1) is 19.2. The lowest BCUT2D eigenvalue weighted by Gasteiger charge is -2.21. The van der Waals surface area contributed by atoms with E-state index in [9.17, 15) is 9.59 Å². The minimum atomic E-state index is -0.501. The number of methoxy groups -OCH3 is 1. The van der Waals surface area contributed by atoms with E-state index in [1.54, 1.807) is 55.6 Å². The van der Waals surface area contributed by atoms with Gasteiger partial charge in [0.25, 0.3) is 5.91 Å². The van der Waals surface area contributed by atoms with Crippen LogP contribution >= 0.6 is 0 Å². The maximum Gasteiger partial charge on any atom is 0.333 e. The average molecular weight is 375 g/mol. The largest absolute Gasteiger partial charge is 0.496 e. The van der Waals surface area contributed by atoms with Gasteiger partial charge in [0.05, 0.1) is 19.2 Å². The molecule has 142 valence electrons. The Morgan fingerprint density at radius 1 is 0.821 bits per heavy atom. The van der Waals surface area contributed by atoms with Gasteiger partial charge in [0.2, 0.25) is 0 Å². The van der Waals surface area contributed by atoms with Crippen molar-refractivity contribution < 1.29 is 19.2 Å². The van der Waals surface area contributed by atoms with Crippen LogP contribution in [0.15, 0.2) is 84.9 Å². The minimum absolute atomic E-state index is 0.117. The topological polar surface area (TPSA) is 55.8 Å². The quantitative estimate of drug-likeness (QED) is 0.598. The maximum atomic E-state index is 12.9. The molecule has 0 fully saturated rings. The fraction of sp³-hybridized carbons (Fsp3) is 0.130. The van der Waals surface area contributed by atoms with Gasteiger partial charge < -0.3 is 9.57 Å². The van der Waals surface area contributed by atoms with Crippen LogP contribution in [0.3, 0.4) is 0 Å². The molecule has 1 amide bonds. The molecule has 0 aliphatic carbocycles. The second-order valence-corrected chi connectivity index (χ2v) is 6.08. The highest BCUT2D eigenvalue weighted by atomic mass is 16.7. The highest BCUT2D eigenvalue weighted by Crippen LogP contribution is 2.21. The summed E-state index contributed by atoms with van der Waals surface area (Å²) in [5.74, 6) is -0.188. The van der Waals surface area contributed by atoms with Gasteiger partial charge in [-0.05, 0) is 42.3 Å². The summed E-state index contributed by atoms with van der Waals surface area (Å²) in [5, 5.41) is 1.04. The summed E-state index contributed by atoms with van der Waals surface area (Å²) < 4.78 is 5.31. The van der Waals surface area contributed by atoms with Crippen molar-refractivity contribution in [3.63, 3.8) is 0 Å². The Labute approximate surface area is 164 Å². The lowest BCUT2D eigenvalue weighted by atomic mass is 10.1. The monoisotopic (exact) mass is 375 g/mol. The number of hydroxylamine groups is 1. The van der Waals surface area contributed by atoms with E-state index in [0.717, 1.165) is 16.4 Å². The molecular weight excluding hydrogens is 354 g/mol. The maximum absolute atomic E-state index is 12.9. The van der Waals surface area contributed by atoms with Gasteiger partial charge in [-0.25, -0.2) is 4.79 Å². The highest BCUT2D eigenvalue weighted by molar-refractivity contribution is 6.05. The number of carbonyl (C=O) groups is 2. The lowest BCUT2D eigenvalue weighted by Crippen LogP contribution is -2.33. The molecule has 0 heterocycles. The number of anilines is 1. The molecule has 0 N–H and O–H groups in total. The molecule has 0 atom stereocenters. The van der Waals surface area contributed by atoms with Gasteiger partial charge in [-0.1, -0.05) is 54.6 Å². The van der Waals surface area contributed by atoms with Crippen molar-refractivity contribution in [2.24, 2.45) is 0 Å². The van der Waals surface area contributed by atoms with Crippen molar-refractivity contribution in [2.45, 2.75) is 12.8 Å². The van der Waals surface area contributed by atoms with Gasteiger partial charge in [-0.2, -0.15) is 0 Å². The van der Waals surface area contributed by atoms with Gasteiger partial charge >= 0.3 is 5.97 Å². The molecule has 0 aliphatic heterocycles. The molecule has 0 spiro atoms. The number of carbonyl (C=O) groups excluding carboxylic acids is 2. The predicted octanol–water partition coefficient (Wildman–Crippen LogP) is 4.43. The van der Waals surface area contributed by atoms with E-state index < -0.39 is 11.9 Å². The SMILES string of the molecule is COc1ccccc1CCC(=O)ON(C(=O)c1ccccc1)c1ccccc1. The Kier molecular flexibility index (Phi) is 6.41. The fourth-order valence-corrected chi connectivity index (χ4v) is 2.77. The van der Waals surface area contributed by atoms with Crippen molar-refractivity contribution in [1.29, 1.82) is 0 Å². The van der Waals surface area contributed by atoms with Crippen LogP contribution in [0.25, 0.3) is 0 Å². The minimum Gasteiger partial charge on any atom is -0.496 e. The smallest absolute Gasteiger partial charge is 0.333 e. The second kappa shape index (κ2) is 9.37. The van der Waals surface area contributed by atoms with E-state index in [4.69, 9.17) is 9.57 Å². The van der Waals surface area contributed by atoms with E-state index in [1.165, 1.54) is 0 Å². The van der Waals surface area contributed by atoms with E-state index >= 15 is 0 Å². The van der Waals surface area contributed by atoms with E-state index in [-0.39, 0.29) is 6.42 Å². The van der Waals surface area contributed by atoms with Gasteiger partial charge in [0.15, 0.2) is 0 Å². The molecule has 3 aromatic rings. The van der Waals surface area contributed by atoms with Crippen LogP contribution in [0.1, 0.15) is 22.3 Å². The molecule has 3 aromatic carbocycles. The van der Waals surface area contributed by atoms with E-state index in [2.05, 4.69) is 0 Å². The number of benzene rings is 3. The van der Waals surface area contributed by atoms with Crippen LogP contribution in [0.5, 0.6) is 5.75 Å². The Morgan fingerprint density at radius 2 is 1.43 bits per heavy atom. The van der Waals surface area contributed by atoms with Crippen molar-refractivity contribution in [3.8, 4) is 5.75 Å². The number of para-hydroxylation sites is 2. The van der Waals surface area contributed by atoms with Crippen LogP contribution in [-0.2, 0) is 16.1 Å². The Hall–Kier alpha value is -3.60. The van der Waals surface area contributed by atoms with E-state index in [1.807, 2.05) is 36.4 Å². The second-order valence-electron chi connectivity index (χ2n) is 6.08. The summed E-state index contributed by atoms with van der Waals surface area (Å²) in [4.78, 5) is 30.8. The number of amides is 1. The van der Waals surface area contributed by atoms with Crippen LogP contribution in [0.4, 0.5) is 5.69 Å². The molecule has 0 unspecified atom stereocenters. The molecule has 5 heteroatoms. The summed E-state index contributed by atoms with van der Waals surface area (Å²) in [5.41, 5.74) is 1.83. The summed E-state index contributed by atoms with van der Waals surface area (Å²) >= 11 is 0. The summed E-state index contributed by atoms with van der Waals surface area (Å²) in [7, 11) is 1.59. The predicted molar refractivity (Wildman–Crippen MR) is 107 cm³/mol. The lowest BCUT2D eigenvalue weighted by molar-refractivity contribution is -0.144. The Bertz CT molecular complexity index is 926. The molecule has 5 nitrogen and oxygen atoms in total. The highest BCUT2D eigenvalue weighted by Gasteiger charge is 2.22. The standard InChI is InChI=1S/C23H21NO4/c1-27-21-15-9-8-10-18(21)16-17-22(25)28-24(20-13-6-3-7-14-20)23(26)19-11-4-2-5-12-19/h2-15H,16-17H2,1H3. The Balaban J connectivity index is 1.74. The average Bonchev–Trinajstić information content (AvgIpc) is 2.77. The first-order valence-corrected chi connectivity index (χ1v) is 8.96. The fourth-order valence-electron chi connectivity index (χ4n) is 2.77. The number of rotatable bonds is 6. The number of hydrogen-bond acceptors (Lipinski definition) is 4. The molecule has 0 aliphatic rings. The van der Waals surface area contributed by atoms with Gasteiger partial charge in [0, 0.05) is 5.56 Å². The van der Waals surface area contributed by atoms with Crippen LogP contribution in [-0.4, -0.2) is 19.0 Å². The molecular formula is C23H21NO4. The molecule has 0 aromatic heterocycles. The van der Waals surface area contributed by atoms with E-state index in [0.29, 0.717) is 17.7 Å². The molecule has 0 saturated heterocycles. The zero-order valence-corrected chi connectivity index (χ0v) is 15.6. The van der Waals surface area contributed by atoms with Crippen molar-refractivity contribution in [3.05, 3.63) is 96.1 Å². The summed E-state index contributed by atoms with van der Waals surface area (Å²) in [6.07, 6.45) is 0.566. The molecule has 0 radical (unpaired) electrons. The van der Waals surface area contributed by atoms with Crippen molar-refractivity contribution in [2.75, 3.05) is 12.2 Å². The third-order valence-corrected chi connectivity index (χ3v) is 4.18. The third kappa shape index (κ3) is 4.76. The van der Waals surface area contributed by atoms with Gasteiger partial charge in [-0.15, -0.1) is 5.06 Å². The third-order valence-electron chi connectivity index (χ3n) is 4.18. The van der Waals surface area contributed by atoms with Gasteiger partial charge in [0.1, 0.15) is 5.75 Å². The number of hydrogen-bond donors (Lipinski definition) is 0. The van der Waals surface area contributed by atoms with Crippen molar-refractivity contribution >= 4 is 17.6 Å². The zero-order chi connectivity index (χ0) is 19.8. The molecule has 0 bridgehead atoms. The zero-order valence-electron chi connectivity index (χ0n) is 15.6. The summed E-state index contributed by atoms with van der Waals surface area (Å²) in [6, 6.07) is 25.0. The Morgan fingerprint density at radius 3 is 2.11 bits per heavy atom. The number of nitrogens with zero attached hydrogens (tertiary/aromatic N) is 1. The van der Waals surface area contributed by atoms with Crippen LogP contribution in [0.2, 0.25) is 0 Å². The van der Waals surface area contributed by atoms with Gasteiger partial charge in [-0.3, -0.25) is 4.79 Å². The van der Waals surface area contributed by atoms with Crippen molar-refractivity contribution in [1.82, 2.24) is 0 Å². The first-order valence-electron chi connectivity index (χ1n) is 8.96. The number of aryl methyl sites for hydroxylation is 1. The molecule has 0 saturated carbocycles. The van der Waals surface area contributed by atoms with Crippen LogP contribution < -0.4 is 9.80 Å². The number of ether oxygens (including phenoxy) is 1.